The van der Waals surface area contributed by atoms with Gasteiger partial charge in [0.05, 0.1) is 11.2 Å². The van der Waals surface area contributed by atoms with Crippen molar-refractivity contribution in [1.29, 1.82) is 0 Å². The first-order valence-electron chi connectivity index (χ1n) is 7.32. The van der Waals surface area contributed by atoms with Crippen LogP contribution >= 0.6 is 23.2 Å². The summed E-state index contributed by atoms with van der Waals surface area (Å²) in [5, 5.41) is 4.36. The lowest BCUT2D eigenvalue weighted by Crippen LogP contribution is -2.41. The zero-order valence-corrected chi connectivity index (χ0v) is 15.2. The maximum absolute atomic E-state index is 6.26. The van der Waals surface area contributed by atoms with E-state index in [2.05, 4.69) is 5.32 Å². The Hall–Kier alpha value is -0.515. The standard InChI is InChI=1S/C16H22BCl2NO2/c1-15(2)16(3,4)22-17(21-15)11(10-20-5)9-12-13(18)7-6-8-14(12)19/h6-9,20H,10H2,1-5H3. The van der Waals surface area contributed by atoms with Crippen LogP contribution in [-0.2, 0) is 9.31 Å². The minimum absolute atomic E-state index is 0.380. The lowest BCUT2D eigenvalue weighted by atomic mass is 9.77. The highest BCUT2D eigenvalue weighted by Crippen LogP contribution is 2.39. The van der Waals surface area contributed by atoms with Gasteiger partial charge < -0.3 is 14.6 Å². The third-order valence-corrected chi connectivity index (χ3v) is 4.93. The monoisotopic (exact) mass is 341 g/mol. The molecule has 0 aromatic heterocycles. The summed E-state index contributed by atoms with van der Waals surface area (Å²) in [5.74, 6) is 0. The Labute approximate surface area is 143 Å². The molecule has 0 saturated carbocycles. The van der Waals surface area contributed by atoms with E-state index < -0.39 is 7.12 Å². The van der Waals surface area contributed by atoms with E-state index in [4.69, 9.17) is 32.5 Å². The normalized spacial score (nSPS) is 20.5. The summed E-state index contributed by atoms with van der Waals surface area (Å²) in [5.41, 5.74) is 0.978. The SMILES string of the molecule is CNCC(=Cc1c(Cl)cccc1Cl)B1OC(C)(C)C(C)(C)O1. The molecule has 1 fully saturated rings. The summed E-state index contributed by atoms with van der Waals surface area (Å²) in [6.45, 7) is 8.76. The Morgan fingerprint density at radius 1 is 1.14 bits per heavy atom. The van der Waals surface area contributed by atoms with Crippen LogP contribution in [0.2, 0.25) is 10.0 Å². The van der Waals surface area contributed by atoms with Crippen LogP contribution in [0, 0.1) is 0 Å². The topological polar surface area (TPSA) is 30.5 Å². The van der Waals surface area contributed by atoms with E-state index in [0.717, 1.165) is 11.0 Å². The van der Waals surface area contributed by atoms with Crippen molar-refractivity contribution in [3.8, 4) is 0 Å². The molecule has 0 radical (unpaired) electrons. The Morgan fingerprint density at radius 3 is 2.09 bits per heavy atom. The average molecular weight is 342 g/mol. The van der Waals surface area contributed by atoms with E-state index in [-0.39, 0.29) is 11.2 Å². The van der Waals surface area contributed by atoms with Gasteiger partial charge in [0.25, 0.3) is 0 Å². The Bertz CT molecular complexity index is 551. The van der Waals surface area contributed by atoms with E-state index in [1.54, 1.807) is 0 Å². The highest BCUT2D eigenvalue weighted by Gasteiger charge is 2.52. The number of benzene rings is 1. The number of likely N-dealkylation sites (N-methyl/N-ethyl adjacent to an activating group) is 1. The van der Waals surface area contributed by atoms with Crippen LogP contribution in [0.5, 0.6) is 0 Å². The number of hydrogen-bond acceptors (Lipinski definition) is 3. The van der Waals surface area contributed by atoms with Gasteiger partial charge in [-0.05, 0) is 52.3 Å². The van der Waals surface area contributed by atoms with Crippen molar-refractivity contribution in [1.82, 2.24) is 5.32 Å². The second kappa shape index (κ2) is 6.54. The zero-order chi connectivity index (χ0) is 16.5. The first kappa shape index (κ1) is 17.8. The largest absolute Gasteiger partial charge is 0.491 e. The first-order chi connectivity index (χ1) is 10.2. The fraction of sp³-hybridized carbons (Fsp3) is 0.500. The molecule has 1 aliphatic rings. The summed E-state index contributed by atoms with van der Waals surface area (Å²) in [4.78, 5) is 0. The molecule has 22 heavy (non-hydrogen) atoms. The summed E-state index contributed by atoms with van der Waals surface area (Å²) < 4.78 is 12.2. The Kier molecular flexibility index (Phi) is 5.30. The van der Waals surface area contributed by atoms with Crippen LogP contribution in [-0.4, -0.2) is 31.9 Å². The minimum atomic E-state index is -0.426. The summed E-state index contributed by atoms with van der Waals surface area (Å²) in [6.07, 6.45) is 1.95. The number of rotatable bonds is 4. The predicted molar refractivity (Wildman–Crippen MR) is 94.4 cm³/mol. The molecule has 1 heterocycles. The molecular weight excluding hydrogens is 320 g/mol. The van der Waals surface area contributed by atoms with Gasteiger partial charge in [0.1, 0.15) is 0 Å². The maximum atomic E-state index is 6.26. The van der Waals surface area contributed by atoms with Gasteiger partial charge in [-0.25, -0.2) is 0 Å². The van der Waals surface area contributed by atoms with Crippen molar-refractivity contribution in [2.75, 3.05) is 13.6 Å². The Morgan fingerprint density at radius 2 is 1.64 bits per heavy atom. The quantitative estimate of drug-likeness (QED) is 0.831. The number of halogens is 2. The van der Waals surface area contributed by atoms with Gasteiger partial charge in [0, 0.05) is 22.2 Å². The number of hydrogen-bond donors (Lipinski definition) is 1. The van der Waals surface area contributed by atoms with Crippen LogP contribution < -0.4 is 5.32 Å². The molecule has 0 unspecified atom stereocenters. The van der Waals surface area contributed by atoms with Gasteiger partial charge in [-0.3, -0.25) is 0 Å². The van der Waals surface area contributed by atoms with Crippen molar-refractivity contribution < 1.29 is 9.31 Å². The predicted octanol–water partition coefficient (Wildman–Crippen LogP) is 4.23. The van der Waals surface area contributed by atoms with Gasteiger partial charge in [0.15, 0.2) is 0 Å². The van der Waals surface area contributed by atoms with Crippen LogP contribution in [0.4, 0.5) is 0 Å². The third kappa shape index (κ3) is 3.52. The van der Waals surface area contributed by atoms with Crippen LogP contribution in [0.25, 0.3) is 6.08 Å². The second-order valence-corrected chi connectivity index (χ2v) is 7.29. The average Bonchev–Trinajstić information content (AvgIpc) is 2.61. The fourth-order valence-corrected chi connectivity index (χ4v) is 2.74. The van der Waals surface area contributed by atoms with E-state index in [1.807, 2.05) is 59.0 Å². The highest BCUT2D eigenvalue weighted by atomic mass is 35.5. The molecule has 0 atom stereocenters. The molecule has 1 N–H and O–H groups in total. The smallest absolute Gasteiger partial charge is 0.400 e. The molecule has 3 nitrogen and oxygen atoms in total. The zero-order valence-electron chi connectivity index (χ0n) is 13.7. The molecule has 0 spiro atoms. The third-order valence-electron chi connectivity index (χ3n) is 4.27. The molecule has 120 valence electrons. The van der Waals surface area contributed by atoms with Crippen LogP contribution in [0.15, 0.2) is 23.7 Å². The van der Waals surface area contributed by atoms with Gasteiger partial charge in [-0.1, -0.05) is 35.3 Å². The lowest BCUT2D eigenvalue weighted by molar-refractivity contribution is 0.00578. The molecule has 1 saturated heterocycles. The molecule has 6 heteroatoms. The van der Waals surface area contributed by atoms with Crippen LogP contribution in [0.1, 0.15) is 33.3 Å². The first-order valence-corrected chi connectivity index (χ1v) is 8.08. The molecule has 0 amide bonds. The molecule has 1 aromatic rings. The molecule has 0 aliphatic carbocycles. The summed E-state index contributed by atoms with van der Waals surface area (Å²) in [7, 11) is 1.46. The van der Waals surface area contributed by atoms with Gasteiger partial charge in [0.2, 0.25) is 0 Å². The Balaban J connectivity index is 2.38. The summed E-state index contributed by atoms with van der Waals surface area (Å²) >= 11 is 12.5. The van der Waals surface area contributed by atoms with Gasteiger partial charge in [-0.15, -0.1) is 0 Å². The molecule has 1 aromatic carbocycles. The van der Waals surface area contributed by atoms with Crippen molar-refractivity contribution >= 4 is 36.4 Å². The van der Waals surface area contributed by atoms with E-state index >= 15 is 0 Å². The van der Waals surface area contributed by atoms with Crippen molar-refractivity contribution in [2.24, 2.45) is 0 Å². The fourth-order valence-electron chi connectivity index (χ4n) is 2.23. The van der Waals surface area contributed by atoms with Crippen molar-refractivity contribution in [3.63, 3.8) is 0 Å². The number of nitrogens with one attached hydrogen (secondary N) is 1. The second-order valence-electron chi connectivity index (χ2n) is 6.47. The molecular formula is C16H22BCl2NO2. The van der Waals surface area contributed by atoms with Crippen molar-refractivity contribution in [3.05, 3.63) is 39.3 Å². The van der Waals surface area contributed by atoms with Crippen molar-refractivity contribution in [2.45, 2.75) is 38.9 Å². The van der Waals surface area contributed by atoms with E-state index in [0.29, 0.717) is 16.6 Å². The molecule has 2 rings (SSSR count). The van der Waals surface area contributed by atoms with Gasteiger partial charge >= 0.3 is 7.12 Å². The van der Waals surface area contributed by atoms with E-state index in [9.17, 15) is 0 Å². The lowest BCUT2D eigenvalue weighted by Gasteiger charge is -2.32. The van der Waals surface area contributed by atoms with E-state index in [1.165, 1.54) is 0 Å². The van der Waals surface area contributed by atoms with Crippen LogP contribution in [0.3, 0.4) is 0 Å². The summed E-state index contributed by atoms with van der Waals surface area (Å²) in [6, 6.07) is 5.47. The minimum Gasteiger partial charge on any atom is -0.400 e. The van der Waals surface area contributed by atoms with Gasteiger partial charge in [-0.2, -0.15) is 0 Å². The highest BCUT2D eigenvalue weighted by molar-refractivity contribution is 6.56. The molecule has 1 aliphatic heterocycles. The maximum Gasteiger partial charge on any atom is 0.491 e. The molecule has 0 bridgehead atoms.